The molecule has 2 atom stereocenters. The summed E-state index contributed by atoms with van der Waals surface area (Å²) in [6, 6.07) is 20.0. The molecule has 1 aliphatic carbocycles. The minimum atomic E-state index is 0.628. The van der Waals surface area contributed by atoms with Crippen molar-refractivity contribution in [2.45, 2.75) is 31.5 Å². The van der Waals surface area contributed by atoms with Gasteiger partial charge in [-0.15, -0.1) is 0 Å². The first-order valence-electron chi connectivity index (χ1n) is 7.22. The Balaban J connectivity index is 1.52. The summed E-state index contributed by atoms with van der Waals surface area (Å²) in [5, 5.41) is 3.65. The lowest BCUT2D eigenvalue weighted by atomic mass is 10.1. The van der Waals surface area contributed by atoms with E-state index in [2.05, 4.69) is 59.9 Å². The van der Waals surface area contributed by atoms with Crippen molar-refractivity contribution in [3.8, 4) is 0 Å². The molecule has 20 heavy (non-hydrogen) atoms. The summed E-state index contributed by atoms with van der Waals surface area (Å²) in [7, 11) is 1.74. The highest BCUT2D eigenvalue weighted by molar-refractivity contribution is 5.28. The van der Waals surface area contributed by atoms with Crippen molar-refractivity contribution in [3.05, 3.63) is 71.3 Å². The van der Waals surface area contributed by atoms with Crippen molar-refractivity contribution in [1.29, 1.82) is 0 Å². The predicted octanol–water partition coefficient (Wildman–Crippen LogP) is 3.48. The summed E-state index contributed by atoms with van der Waals surface area (Å²) in [6.45, 7) is 1.62. The van der Waals surface area contributed by atoms with Gasteiger partial charge in [0, 0.05) is 25.6 Å². The van der Waals surface area contributed by atoms with Crippen LogP contribution in [0, 0.1) is 0 Å². The molecule has 3 rings (SSSR count). The molecule has 2 unspecified atom stereocenters. The van der Waals surface area contributed by atoms with Crippen LogP contribution in [0.15, 0.2) is 54.6 Å². The topological polar surface area (TPSA) is 21.3 Å². The van der Waals surface area contributed by atoms with Crippen LogP contribution in [-0.4, -0.2) is 13.2 Å². The summed E-state index contributed by atoms with van der Waals surface area (Å²) in [5.74, 6) is 0.693. The number of hydrogen-bond acceptors (Lipinski definition) is 2. The van der Waals surface area contributed by atoms with E-state index in [-0.39, 0.29) is 0 Å². The molecule has 0 bridgehead atoms. The fourth-order valence-corrected chi connectivity index (χ4v) is 2.73. The van der Waals surface area contributed by atoms with Crippen LogP contribution in [0.4, 0.5) is 0 Å². The van der Waals surface area contributed by atoms with E-state index >= 15 is 0 Å². The van der Waals surface area contributed by atoms with Gasteiger partial charge in [-0.1, -0.05) is 54.6 Å². The van der Waals surface area contributed by atoms with Crippen molar-refractivity contribution < 1.29 is 4.74 Å². The van der Waals surface area contributed by atoms with E-state index in [1.807, 2.05) is 0 Å². The Kier molecular flexibility index (Phi) is 4.14. The number of hydrogen-bond donors (Lipinski definition) is 1. The van der Waals surface area contributed by atoms with Crippen LogP contribution in [0.2, 0.25) is 0 Å². The van der Waals surface area contributed by atoms with Gasteiger partial charge in [-0.3, -0.25) is 0 Å². The van der Waals surface area contributed by atoms with Gasteiger partial charge < -0.3 is 10.1 Å². The molecule has 0 aromatic heterocycles. The molecule has 0 aliphatic heterocycles. The Hall–Kier alpha value is -1.64. The van der Waals surface area contributed by atoms with Crippen LogP contribution in [0.1, 0.15) is 29.0 Å². The van der Waals surface area contributed by atoms with Crippen LogP contribution in [0.5, 0.6) is 0 Å². The SMILES string of the molecule is COCc1cccc(CNC2CC2c2ccccc2)c1. The first-order valence-corrected chi connectivity index (χ1v) is 7.22. The van der Waals surface area contributed by atoms with Gasteiger partial charge in [0.25, 0.3) is 0 Å². The molecule has 1 fully saturated rings. The van der Waals surface area contributed by atoms with Gasteiger partial charge in [-0.05, 0) is 23.1 Å². The van der Waals surface area contributed by atoms with Crippen LogP contribution in [0.3, 0.4) is 0 Å². The molecular weight excluding hydrogens is 246 g/mol. The zero-order valence-corrected chi connectivity index (χ0v) is 11.9. The van der Waals surface area contributed by atoms with Crippen LogP contribution >= 0.6 is 0 Å². The first kappa shape index (κ1) is 13.3. The largest absolute Gasteiger partial charge is 0.380 e. The summed E-state index contributed by atoms with van der Waals surface area (Å²) >= 11 is 0. The fourth-order valence-electron chi connectivity index (χ4n) is 2.73. The molecule has 0 saturated heterocycles. The molecule has 0 amide bonds. The highest BCUT2D eigenvalue weighted by Crippen LogP contribution is 2.40. The van der Waals surface area contributed by atoms with Crippen molar-refractivity contribution in [3.63, 3.8) is 0 Å². The van der Waals surface area contributed by atoms with Gasteiger partial charge in [-0.25, -0.2) is 0 Å². The Labute approximate surface area is 120 Å². The zero-order valence-electron chi connectivity index (χ0n) is 11.9. The number of nitrogens with one attached hydrogen (secondary N) is 1. The van der Waals surface area contributed by atoms with Gasteiger partial charge in [0.15, 0.2) is 0 Å². The van der Waals surface area contributed by atoms with Crippen molar-refractivity contribution in [2.75, 3.05) is 7.11 Å². The lowest BCUT2D eigenvalue weighted by Crippen LogP contribution is -2.17. The van der Waals surface area contributed by atoms with E-state index in [1.165, 1.54) is 23.1 Å². The third-order valence-electron chi connectivity index (χ3n) is 3.89. The third kappa shape index (κ3) is 3.27. The van der Waals surface area contributed by atoms with Crippen molar-refractivity contribution >= 4 is 0 Å². The Morgan fingerprint density at radius 2 is 1.85 bits per heavy atom. The van der Waals surface area contributed by atoms with Crippen molar-refractivity contribution in [1.82, 2.24) is 5.32 Å². The molecule has 0 heterocycles. The number of ether oxygens (including phenoxy) is 1. The molecule has 1 N–H and O–H groups in total. The van der Waals surface area contributed by atoms with Crippen LogP contribution in [-0.2, 0) is 17.9 Å². The van der Waals surface area contributed by atoms with Gasteiger partial charge in [0.2, 0.25) is 0 Å². The number of rotatable bonds is 6. The maximum atomic E-state index is 5.18. The highest BCUT2D eigenvalue weighted by atomic mass is 16.5. The second-order valence-electron chi connectivity index (χ2n) is 5.49. The van der Waals surface area contributed by atoms with Crippen LogP contribution < -0.4 is 5.32 Å². The molecule has 0 spiro atoms. The molecule has 1 aliphatic rings. The van der Waals surface area contributed by atoms with E-state index in [0.717, 1.165) is 6.54 Å². The number of benzene rings is 2. The smallest absolute Gasteiger partial charge is 0.0713 e. The lowest BCUT2D eigenvalue weighted by molar-refractivity contribution is 0.185. The van der Waals surface area contributed by atoms with E-state index in [1.54, 1.807) is 7.11 Å². The summed E-state index contributed by atoms with van der Waals surface area (Å²) < 4.78 is 5.18. The number of methoxy groups -OCH3 is 1. The minimum Gasteiger partial charge on any atom is -0.380 e. The van der Waals surface area contributed by atoms with Crippen molar-refractivity contribution in [2.24, 2.45) is 0 Å². The first-order chi connectivity index (χ1) is 9.86. The van der Waals surface area contributed by atoms with E-state index in [4.69, 9.17) is 4.74 Å². The predicted molar refractivity (Wildman–Crippen MR) is 81.6 cm³/mol. The quantitative estimate of drug-likeness (QED) is 0.865. The monoisotopic (exact) mass is 267 g/mol. The highest BCUT2D eigenvalue weighted by Gasteiger charge is 2.37. The second-order valence-corrected chi connectivity index (χ2v) is 5.49. The second kappa shape index (κ2) is 6.21. The van der Waals surface area contributed by atoms with E-state index in [0.29, 0.717) is 18.6 Å². The lowest BCUT2D eigenvalue weighted by Gasteiger charge is -2.07. The van der Waals surface area contributed by atoms with E-state index < -0.39 is 0 Å². The summed E-state index contributed by atoms with van der Waals surface area (Å²) in [6.07, 6.45) is 1.25. The summed E-state index contributed by atoms with van der Waals surface area (Å²) in [4.78, 5) is 0. The van der Waals surface area contributed by atoms with Crippen LogP contribution in [0.25, 0.3) is 0 Å². The Morgan fingerprint density at radius 3 is 2.65 bits per heavy atom. The molecule has 2 aromatic rings. The maximum Gasteiger partial charge on any atom is 0.0713 e. The summed E-state index contributed by atoms with van der Waals surface area (Å²) in [5.41, 5.74) is 4.03. The minimum absolute atomic E-state index is 0.628. The zero-order chi connectivity index (χ0) is 13.8. The third-order valence-corrected chi connectivity index (χ3v) is 3.89. The molecule has 1 saturated carbocycles. The fraction of sp³-hybridized carbons (Fsp3) is 0.333. The van der Waals surface area contributed by atoms with Gasteiger partial charge in [0.05, 0.1) is 6.61 Å². The Bertz CT molecular complexity index is 552. The van der Waals surface area contributed by atoms with Gasteiger partial charge in [0.1, 0.15) is 0 Å². The molecule has 2 heteroatoms. The molecule has 0 radical (unpaired) electrons. The normalized spacial score (nSPS) is 20.9. The maximum absolute atomic E-state index is 5.18. The van der Waals surface area contributed by atoms with Gasteiger partial charge in [-0.2, -0.15) is 0 Å². The van der Waals surface area contributed by atoms with Gasteiger partial charge >= 0.3 is 0 Å². The average Bonchev–Trinajstić information content (AvgIpc) is 3.27. The standard InChI is InChI=1S/C18H21NO/c1-20-13-15-7-5-6-14(10-15)12-19-18-11-17(18)16-8-3-2-4-9-16/h2-10,17-19H,11-13H2,1H3. The molecular formula is C18H21NO. The molecule has 104 valence electrons. The average molecular weight is 267 g/mol. The van der Waals surface area contributed by atoms with E-state index in [9.17, 15) is 0 Å². The Morgan fingerprint density at radius 1 is 1.05 bits per heavy atom. The molecule has 2 aromatic carbocycles. The molecule has 2 nitrogen and oxygen atoms in total.